The average Bonchev–Trinajstić information content (AvgIpc) is 2.58. The Kier molecular flexibility index (Phi) is 5.19. The summed E-state index contributed by atoms with van der Waals surface area (Å²) in [7, 11) is 2.12. The average molecular weight is 430 g/mol. The minimum atomic E-state index is 0.0984. The molecule has 26 heavy (non-hydrogen) atoms. The van der Waals surface area contributed by atoms with Crippen LogP contribution in [0.25, 0.3) is 11.6 Å². The summed E-state index contributed by atoms with van der Waals surface area (Å²) in [5.74, 6) is 0.442. The highest BCUT2D eigenvalue weighted by Gasteiger charge is 2.34. The van der Waals surface area contributed by atoms with Crippen LogP contribution < -0.4 is 4.90 Å². The Morgan fingerprint density at radius 1 is 1.35 bits per heavy atom. The normalized spacial score (nSPS) is 19.0. The molecule has 134 valence electrons. The molecule has 2 nitrogen and oxygen atoms in total. The summed E-state index contributed by atoms with van der Waals surface area (Å²) in [6, 6.07) is 14.2. The lowest BCUT2D eigenvalue weighted by molar-refractivity contribution is 0.395. The maximum absolute atomic E-state index is 9.64. The van der Waals surface area contributed by atoms with Gasteiger partial charge in [-0.05, 0) is 73.2 Å². The quantitative estimate of drug-likeness (QED) is 0.384. The Labute approximate surface area is 169 Å². The molecule has 0 radical (unpaired) electrons. The van der Waals surface area contributed by atoms with Gasteiger partial charge in [0.2, 0.25) is 0 Å². The van der Waals surface area contributed by atoms with Crippen molar-refractivity contribution in [2.75, 3.05) is 11.9 Å². The summed E-state index contributed by atoms with van der Waals surface area (Å²) < 4.78 is 0.949. The number of nitriles is 1. The molecule has 1 aliphatic heterocycles. The minimum Gasteiger partial charge on any atom is -0.369 e. The molecule has 0 N–H and O–H groups in total. The molecule has 0 aliphatic carbocycles. The van der Waals surface area contributed by atoms with E-state index in [-0.39, 0.29) is 5.54 Å². The van der Waals surface area contributed by atoms with Gasteiger partial charge >= 0.3 is 0 Å². The standard InChI is InChI=1S/C22H22BrClN2/c1-14-12-22(2,3)26(4)21-11-20(24)16(10-19(14)21)8-17(13-25)15-6-5-7-18(23)9-15/h5-11,14H,12H2,1-4H3/b17-8-. The Bertz CT molecular complexity index is 924. The smallest absolute Gasteiger partial charge is 0.0998 e. The van der Waals surface area contributed by atoms with E-state index in [1.165, 1.54) is 11.3 Å². The third-order valence-electron chi connectivity index (χ3n) is 5.31. The molecule has 0 saturated carbocycles. The topological polar surface area (TPSA) is 27.0 Å². The van der Waals surface area contributed by atoms with Gasteiger partial charge < -0.3 is 4.90 Å². The molecule has 0 saturated heterocycles. The number of benzene rings is 2. The van der Waals surface area contributed by atoms with Crippen LogP contribution in [0.15, 0.2) is 40.9 Å². The summed E-state index contributed by atoms with van der Waals surface area (Å²) in [5.41, 5.74) is 4.93. The van der Waals surface area contributed by atoms with E-state index in [4.69, 9.17) is 11.6 Å². The van der Waals surface area contributed by atoms with E-state index < -0.39 is 0 Å². The third kappa shape index (κ3) is 3.54. The summed E-state index contributed by atoms with van der Waals surface area (Å²) >= 11 is 10.1. The van der Waals surface area contributed by atoms with Gasteiger partial charge in [0.15, 0.2) is 0 Å². The largest absolute Gasteiger partial charge is 0.369 e. The summed E-state index contributed by atoms with van der Waals surface area (Å²) in [6.45, 7) is 6.78. The maximum atomic E-state index is 9.64. The molecular weight excluding hydrogens is 408 g/mol. The van der Waals surface area contributed by atoms with E-state index in [1.54, 1.807) is 0 Å². The summed E-state index contributed by atoms with van der Waals surface area (Å²) in [4.78, 5) is 2.31. The van der Waals surface area contributed by atoms with Crippen molar-refractivity contribution in [3.63, 3.8) is 0 Å². The number of hydrogen-bond donors (Lipinski definition) is 0. The molecule has 0 amide bonds. The van der Waals surface area contributed by atoms with Crippen molar-refractivity contribution >= 4 is 44.9 Å². The van der Waals surface area contributed by atoms with E-state index in [0.29, 0.717) is 16.5 Å². The van der Waals surface area contributed by atoms with Crippen LogP contribution in [0.5, 0.6) is 0 Å². The molecule has 0 spiro atoms. The Morgan fingerprint density at radius 2 is 2.08 bits per heavy atom. The van der Waals surface area contributed by atoms with Gasteiger partial charge in [-0.1, -0.05) is 46.6 Å². The van der Waals surface area contributed by atoms with Crippen LogP contribution in [0.4, 0.5) is 5.69 Å². The summed E-state index contributed by atoms with van der Waals surface area (Å²) in [5, 5.41) is 10.3. The van der Waals surface area contributed by atoms with Gasteiger partial charge in [-0.3, -0.25) is 0 Å². The Balaban J connectivity index is 2.10. The van der Waals surface area contributed by atoms with Crippen molar-refractivity contribution in [1.29, 1.82) is 5.26 Å². The number of fused-ring (bicyclic) bond motifs is 1. The second kappa shape index (κ2) is 7.10. The van der Waals surface area contributed by atoms with Crippen LogP contribution in [0.3, 0.4) is 0 Å². The van der Waals surface area contributed by atoms with E-state index in [0.717, 1.165) is 22.0 Å². The maximum Gasteiger partial charge on any atom is 0.0998 e. The first-order valence-electron chi connectivity index (χ1n) is 8.68. The van der Waals surface area contributed by atoms with Gasteiger partial charge in [-0.2, -0.15) is 5.26 Å². The fraction of sp³-hybridized carbons (Fsp3) is 0.318. The first kappa shape index (κ1) is 19.0. The molecule has 1 aliphatic rings. The lowest BCUT2D eigenvalue weighted by Crippen LogP contribution is -2.45. The molecule has 0 fully saturated rings. The van der Waals surface area contributed by atoms with Gasteiger partial charge in [0.25, 0.3) is 0 Å². The molecule has 2 aromatic carbocycles. The fourth-order valence-corrected chi connectivity index (χ4v) is 4.32. The second-order valence-corrected chi connectivity index (χ2v) is 8.91. The predicted molar refractivity (Wildman–Crippen MR) is 115 cm³/mol. The lowest BCUT2D eigenvalue weighted by atomic mass is 9.80. The van der Waals surface area contributed by atoms with Gasteiger partial charge in [0, 0.05) is 27.8 Å². The van der Waals surface area contributed by atoms with E-state index in [1.807, 2.05) is 36.4 Å². The number of hydrogen-bond acceptors (Lipinski definition) is 2. The van der Waals surface area contributed by atoms with Crippen LogP contribution in [0.1, 0.15) is 49.8 Å². The molecule has 4 heteroatoms. The second-order valence-electron chi connectivity index (χ2n) is 7.59. The SMILES string of the molecule is CC1CC(C)(C)N(C)c2cc(Cl)c(/C=C(/C#N)c3cccc(Br)c3)cc21. The highest BCUT2D eigenvalue weighted by atomic mass is 79.9. The number of anilines is 1. The monoisotopic (exact) mass is 428 g/mol. The number of halogens is 2. The van der Waals surface area contributed by atoms with Gasteiger partial charge in [0.1, 0.15) is 0 Å². The van der Waals surface area contributed by atoms with Crippen molar-refractivity contribution in [2.24, 2.45) is 0 Å². The fourth-order valence-electron chi connectivity index (χ4n) is 3.71. The van der Waals surface area contributed by atoms with Crippen LogP contribution in [0, 0.1) is 11.3 Å². The molecule has 2 aromatic rings. The molecule has 1 atom stereocenters. The van der Waals surface area contributed by atoms with Crippen LogP contribution >= 0.6 is 27.5 Å². The molecule has 1 heterocycles. The van der Waals surface area contributed by atoms with Crippen molar-refractivity contribution in [3.8, 4) is 6.07 Å². The number of allylic oxidation sites excluding steroid dienone is 1. The zero-order valence-electron chi connectivity index (χ0n) is 15.5. The predicted octanol–water partition coefficient (Wildman–Crippen LogP) is 6.89. The minimum absolute atomic E-state index is 0.0984. The van der Waals surface area contributed by atoms with E-state index in [9.17, 15) is 5.26 Å². The van der Waals surface area contributed by atoms with Crippen molar-refractivity contribution in [1.82, 2.24) is 0 Å². The van der Waals surface area contributed by atoms with Gasteiger partial charge in [0.05, 0.1) is 11.6 Å². The van der Waals surface area contributed by atoms with E-state index in [2.05, 4.69) is 60.8 Å². The van der Waals surface area contributed by atoms with Crippen LogP contribution in [-0.2, 0) is 0 Å². The molecular formula is C22H22BrClN2. The number of nitrogens with zero attached hydrogens (tertiary/aromatic N) is 2. The molecule has 0 bridgehead atoms. The highest BCUT2D eigenvalue weighted by molar-refractivity contribution is 9.10. The molecule has 3 rings (SSSR count). The van der Waals surface area contributed by atoms with Gasteiger partial charge in [-0.25, -0.2) is 0 Å². The zero-order valence-corrected chi connectivity index (χ0v) is 17.8. The van der Waals surface area contributed by atoms with Crippen molar-refractivity contribution < 1.29 is 0 Å². The van der Waals surface area contributed by atoms with Crippen LogP contribution in [0.2, 0.25) is 5.02 Å². The Hall–Kier alpha value is -1.76. The Morgan fingerprint density at radius 3 is 2.73 bits per heavy atom. The first-order chi connectivity index (χ1) is 12.2. The summed E-state index contributed by atoms with van der Waals surface area (Å²) in [6.07, 6.45) is 2.97. The van der Waals surface area contributed by atoms with E-state index >= 15 is 0 Å². The highest BCUT2D eigenvalue weighted by Crippen LogP contribution is 2.44. The lowest BCUT2D eigenvalue weighted by Gasteiger charge is -2.45. The number of rotatable bonds is 2. The van der Waals surface area contributed by atoms with Gasteiger partial charge in [-0.15, -0.1) is 0 Å². The molecule has 1 unspecified atom stereocenters. The van der Waals surface area contributed by atoms with Crippen molar-refractivity contribution in [3.05, 3.63) is 62.6 Å². The third-order valence-corrected chi connectivity index (χ3v) is 6.13. The first-order valence-corrected chi connectivity index (χ1v) is 9.85. The molecule has 0 aromatic heterocycles. The van der Waals surface area contributed by atoms with Crippen LogP contribution in [-0.4, -0.2) is 12.6 Å². The zero-order chi connectivity index (χ0) is 19.1. The van der Waals surface area contributed by atoms with Crippen molar-refractivity contribution in [2.45, 2.75) is 38.6 Å².